The first-order chi connectivity index (χ1) is 10.2. The van der Waals surface area contributed by atoms with Gasteiger partial charge < -0.3 is 20.5 Å². The first-order valence-electron chi connectivity index (χ1n) is 6.91. The van der Waals surface area contributed by atoms with E-state index in [-0.39, 0.29) is 41.0 Å². The number of halogens is 3. The molecule has 0 aliphatic heterocycles. The summed E-state index contributed by atoms with van der Waals surface area (Å²) >= 11 is 0. The van der Waals surface area contributed by atoms with Crippen LogP contribution in [0.25, 0.3) is 0 Å². The molecule has 23 heavy (non-hydrogen) atoms. The molecule has 1 aromatic carbocycles. The fourth-order valence-corrected chi connectivity index (χ4v) is 1.79. The Morgan fingerprint density at radius 3 is 2.48 bits per heavy atom. The Balaban J connectivity index is 0.00000484. The SMILES string of the molecule is COc1ccc(CCN=C(N)NC(C)(C)C)cc1OC(F)F.I. The lowest BCUT2D eigenvalue weighted by Gasteiger charge is -2.21. The summed E-state index contributed by atoms with van der Waals surface area (Å²) in [5.41, 5.74) is 6.41. The van der Waals surface area contributed by atoms with Gasteiger partial charge in [0, 0.05) is 12.1 Å². The number of hydrogen-bond donors (Lipinski definition) is 2. The normalized spacial score (nSPS) is 11.9. The van der Waals surface area contributed by atoms with Gasteiger partial charge in [0.25, 0.3) is 0 Å². The second-order valence-electron chi connectivity index (χ2n) is 5.76. The van der Waals surface area contributed by atoms with Crippen LogP contribution in [0.15, 0.2) is 23.2 Å². The lowest BCUT2D eigenvalue weighted by atomic mass is 10.1. The molecular formula is C15H24F2IN3O2. The number of nitrogens with zero attached hydrogens (tertiary/aromatic N) is 1. The lowest BCUT2D eigenvalue weighted by Crippen LogP contribution is -2.45. The molecule has 0 unspecified atom stereocenters. The van der Waals surface area contributed by atoms with Gasteiger partial charge in [0.05, 0.1) is 7.11 Å². The third-order valence-corrected chi connectivity index (χ3v) is 2.63. The van der Waals surface area contributed by atoms with Gasteiger partial charge in [0.2, 0.25) is 0 Å². The number of nitrogens with one attached hydrogen (secondary N) is 1. The number of rotatable bonds is 6. The second kappa shape index (κ2) is 9.74. The average Bonchev–Trinajstić information content (AvgIpc) is 2.36. The van der Waals surface area contributed by atoms with Gasteiger partial charge in [0.1, 0.15) is 0 Å². The monoisotopic (exact) mass is 443 g/mol. The van der Waals surface area contributed by atoms with Crippen LogP contribution in [0.3, 0.4) is 0 Å². The first-order valence-corrected chi connectivity index (χ1v) is 6.91. The largest absolute Gasteiger partial charge is 0.493 e. The summed E-state index contributed by atoms with van der Waals surface area (Å²) in [5.74, 6) is 0.631. The van der Waals surface area contributed by atoms with Crippen molar-refractivity contribution in [3.8, 4) is 11.5 Å². The van der Waals surface area contributed by atoms with Crippen LogP contribution in [0.5, 0.6) is 11.5 Å². The molecule has 0 aliphatic carbocycles. The molecule has 0 saturated heterocycles. The number of ether oxygens (including phenoxy) is 2. The Hall–Kier alpha value is -1.32. The Labute approximate surface area is 152 Å². The lowest BCUT2D eigenvalue weighted by molar-refractivity contribution is -0.0512. The van der Waals surface area contributed by atoms with Crippen LogP contribution in [-0.4, -0.2) is 31.8 Å². The molecule has 0 fully saturated rings. The molecule has 0 spiro atoms. The minimum absolute atomic E-state index is 0. The van der Waals surface area contributed by atoms with Crippen molar-refractivity contribution >= 4 is 29.9 Å². The van der Waals surface area contributed by atoms with Crippen LogP contribution in [-0.2, 0) is 6.42 Å². The number of aliphatic imine (C=N–C) groups is 1. The third kappa shape index (κ3) is 8.77. The van der Waals surface area contributed by atoms with E-state index >= 15 is 0 Å². The summed E-state index contributed by atoms with van der Waals surface area (Å²) in [6, 6.07) is 4.89. The van der Waals surface area contributed by atoms with E-state index in [9.17, 15) is 8.78 Å². The summed E-state index contributed by atoms with van der Waals surface area (Å²) < 4.78 is 34.1. The molecule has 1 aromatic rings. The van der Waals surface area contributed by atoms with E-state index in [1.807, 2.05) is 20.8 Å². The molecule has 3 N–H and O–H groups in total. The zero-order valence-corrected chi connectivity index (χ0v) is 16.1. The van der Waals surface area contributed by atoms with Crippen molar-refractivity contribution in [2.45, 2.75) is 39.3 Å². The van der Waals surface area contributed by atoms with Gasteiger partial charge in [0.15, 0.2) is 17.5 Å². The summed E-state index contributed by atoms with van der Waals surface area (Å²) in [6.07, 6.45) is 0.552. The van der Waals surface area contributed by atoms with Crippen molar-refractivity contribution in [2.24, 2.45) is 10.7 Å². The summed E-state index contributed by atoms with van der Waals surface area (Å²) in [4.78, 5) is 4.20. The average molecular weight is 443 g/mol. The van der Waals surface area contributed by atoms with E-state index < -0.39 is 6.61 Å². The van der Waals surface area contributed by atoms with Gasteiger partial charge >= 0.3 is 6.61 Å². The van der Waals surface area contributed by atoms with E-state index in [0.29, 0.717) is 18.9 Å². The zero-order valence-electron chi connectivity index (χ0n) is 13.7. The fraction of sp³-hybridized carbons (Fsp3) is 0.533. The van der Waals surface area contributed by atoms with Crippen LogP contribution in [0.1, 0.15) is 26.3 Å². The second-order valence-corrected chi connectivity index (χ2v) is 5.76. The van der Waals surface area contributed by atoms with Crippen LogP contribution >= 0.6 is 24.0 Å². The standard InChI is InChI=1S/C15H23F2N3O2.HI/c1-15(2,3)20-14(18)19-8-7-10-5-6-11(21-4)12(9-10)22-13(16)17;/h5-6,9,13H,7-8H2,1-4H3,(H3,18,19,20);1H. The highest BCUT2D eigenvalue weighted by Gasteiger charge is 2.12. The van der Waals surface area contributed by atoms with Gasteiger partial charge in [-0.15, -0.1) is 24.0 Å². The topological polar surface area (TPSA) is 68.9 Å². The van der Waals surface area contributed by atoms with E-state index in [1.165, 1.54) is 13.2 Å². The highest BCUT2D eigenvalue weighted by Crippen LogP contribution is 2.29. The van der Waals surface area contributed by atoms with Crippen molar-refractivity contribution in [1.29, 1.82) is 0 Å². The molecule has 0 heterocycles. The maximum absolute atomic E-state index is 12.4. The molecule has 0 saturated carbocycles. The number of benzene rings is 1. The minimum atomic E-state index is -2.89. The van der Waals surface area contributed by atoms with Gasteiger partial charge in [-0.2, -0.15) is 8.78 Å². The molecule has 0 radical (unpaired) electrons. The van der Waals surface area contributed by atoms with E-state index in [0.717, 1.165) is 5.56 Å². The molecule has 132 valence electrons. The van der Waals surface area contributed by atoms with Crippen LogP contribution < -0.4 is 20.5 Å². The number of guanidine groups is 1. The summed E-state index contributed by atoms with van der Waals surface area (Å²) in [7, 11) is 1.40. The molecule has 0 amide bonds. The minimum Gasteiger partial charge on any atom is -0.493 e. The highest BCUT2D eigenvalue weighted by atomic mass is 127. The van der Waals surface area contributed by atoms with Crippen LogP contribution in [0.4, 0.5) is 8.78 Å². The molecule has 5 nitrogen and oxygen atoms in total. The van der Waals surface area contributed by atoms with Gasteiger partial charge in [-0.3, -0.25) is 4.99 Å². The Bertz CT molecular complexity index is 520. The highest BCUT2D eigenvalue weighted by molar-refractivity contribution is 14.0. The van der Waals surface area contributed by atoms with E-state index in [4.69, 9.17) is 10.5 Å². The molecule has 0 aromatic heterocycles. The van der Waals surface area contributed by atoms with Crippen molar-refractivity contribution in [2.75, 3.05) is 13.7 Å². The molecule has 8 heteroatoms. The molecule has 1 rings (SSSR count). The molecule has 0 atom stereocenters. The maximum Gasteiger partial charge on any atom is 0.387 e. The maximum atomic E-state index is 12.4. The molecule has 0 bridgehead atoms. The smallest absolute Gasteiger partial charge is 0.387 e. The Morgan fingerprint density at radius 2 is 1.96 bits per heavy atom. The van der Waals surface area contributed by atoms with Gasteiger partial charge in [-0.25, -0.2) is 0 Å². The van der Waals surface area contributed by atoms with Crippen molar-refractivity contribution < 1.29 is 18.3 Å². The Kier molecular flexibility index (Phi) is 9.18. The number of methoxy groups -OCH3 is 1. The van der Waals surface area contributed by atoms with Crippen molar-refractivity contribution in [3.63, 3.8) is 0 Å². The predicted octanol–water partition coefficient (Wildman–Crippen LogP) is 3.16. The summed E-state index contributed by atoms with van der Waals surface area (Å²) in [5, 5.41) is 3.04. The number of nitrogens with two attached hydrogens (primary N) is 1. The Morgan fingerprint density at radius 1 is 1.30 bits per heavy atom. The van der Waals surface area contributed by atoms with Crippen LogP contribution in [0.2, 0.25) is 0 Å². The van der Waals surface area contributed by atoms with Crippen molar-refractivity contribution in [3.05, 3.63) is 23.8 Å². The third-order valence-electron chi connectivity index (χ3n) is 2.63. The quantitative estimate of drug-likeness (QED) is 0.403. The summed E-state index contributed by atoms with van der Waals surface area (Å²) in [6.45, 7) is 3.48. The van der Waals surface area contributed by atoms with Crippen molar-refractivity contribution in [1.82, 2.24) is 5.32 Å². The van der Waals surface area contributed by atoms with E-state index in [2.05, 4.69) is 15.0 Å². The predicted molar refractivity (Wildman–Crippen MR) is 98.1 cm³/mol. The molecule has 0 aliphatic rings. The number of hydrogen-bond acceptors (Lipinski definition) is 3. The molecular weight excluding hydrogens is 419 g/mol. The zero-order chi connectivity index (χ0) is 16.8. The first kappa shape index (κ1) is 21.7. The van der Waals surface area contributed by atoms with Crippen LogP contribution in [0, 0.1) is 0 Å². The van der Waals surface area contributed by atoms with E-state index in [1.54, 1.807) is 12.1 Å². The van der Waals surface area contributed by atoms with Gasteiger partial charge in [-0.1, -0.05) is 6.07 Å². The number of alkyl halides is 2. The fourth-order valence-electron chi connectivity index (χ4n) is 1.79. The van der Waals surface area contributed by atoms with Gasteiger partial charge in [-0.05, 0) is 44.9 Å².